The number of rotatable bonds is 2. The van der Waals surface area contributed by atoms with Gasteiger partial charge in [0.1, 0.15) is 6.61 Å². The normalized spacial score (nSPS) is 8.00. The molecule has 0 bridgehead atoms. The quantitative estimate of drug-likeness (QED) is 0.310. The molecule has 5 nitrogen and oxygen atoms in total. The van der Waals surface area contributed by atoms with Crippen molar-refractivity contribution in [3.63, 3.8) is 0 Å². The van der Waals surface area contributed by atoms with Gasteiger partial charge in [-0.15, -0.1) is 0 Å². The van der Waals surface area contributed by atoms with Crippen LogP contribution >= 0.6 is 0 Å². The van der Waals surface area contributed by atoms with Crippen molar-refractivity contribution in [1.82, 2.24) is 0 Å². The van der Waals surface area contributed by atoms with Gasteiger partial charge in [0.25, 0.3) is 0 Å². The molecule has 0 rings (SSSR count). The topological polar surface area (TPSA) is 76.4 Å². The predicted molar refractivity (Wildman–Crippen MR) is 33.2 cm³/mol. The highest BCUT2D eigenvalue weighted by Gasteiger charge is 2.14. The number of hydrogen-bond acceptors (Lipinski definition) is 5. The van der Waals surface area contributed by atoms with Gasteiger partial charge < -0.3 is 9.47 Å². The summed E-state index contributed by atoms with van der Waals surface area (Å²) in [6, 6.07) is 1.75. The summed E-state index contributed by atoms with van der Waals surface area (Å²) in [6.07, 6.45) is 0.0722. The SMILES string of the molecule is COC(=O)C(=O)OCCC#N. The van der Waals surface area contributed by atoms with Gasteiger partial charge in [0.15, 0.2) is 0 Å². The monoisotopic (exact) mass is 157 g/mol. The average molecular weight is 157 g/mol. The van der Waals surface area contributed by atoms with Gasteiger partial charge in [-0.05, 0) is 0 Å². The van der Waals surface area contributed by atoms with Gasteiger partial charge >= 0.3 is 11.9 Å². The van der Waals surface area contributed by atoms with Gasteiger partial charge in [0.05, 0.1) is 19.6 Å². The fourth-order valence-electron chi connectivity index (χ4n) is 0.332. The maximum Gasteiger partial charge on any atom is 0.417 e. The van der Waals surface area contributed by atoms with Crippen LogP contribution in [0.25, 0.3) is 0 Å². The third-order valence-electron chi connectivity index (χ3n) is 0.799. The molecule has 0 N–H and O–H groups in total. The van der Waals surface area contributed by atoms with Crippen molar-refractivity contribution in [2.75, 3.05) is 13.7 Å². The molecule has 0 saturated carbocycles. The summed E-state index contributed by atoms with van der Waals surface area (Å²) in [5.74, 6) is -2.12. The van der Waals surface area contributed by atoms with E-state index in [0.29, 0.717) is 0 Å². The first-order chi connectivity index (χ1) is 5.22. The molecule has 0 aliphatic heterocycles. The molecule has 0 aromatic heterocycles. The molecule has 0 spiro atoms. The predicted octanol–water partition coefficient (Wildman–Crippen LogP) is -0.384. The van der Waals surface area contributed by atoms with E-state index >= 15 is 0 Å². The standard InChI is InChI=1S/C6H7NO4/c1-10-5(8)6(9)11-4-2-3-7/h2,4H2,1H3. The van der Waals surface area contributed by atoms with Crippen molar-refractivity contribution in [1.29, 1.82) is 5.26 Å². The van der Waals surface area contributed by atoms with E-state index in [1.54, 1.807) is 6.07 Å². The van der Waals surface area contributed by atoms with Crippen LogP contribution in [0, 0.1) is 11.3 Å². The molecule has 0 atom stereocenters. The van der Waals surface area contributed by atoms with Crippen molar-refractivity contribution < 1.29 is 19.1 Å². The number of esters is 2. The van der Waals surface area contributed by atoms with E-state index < -0.39 is 11.9 Å². The molecule has 0 radical (unpaired) electrons. The summed E-state index contributed by atoms with van der Waals surface area (Å²) in [7, 11) is 1.08. The molecule has 0 saturated heterocycles. The smallest absolute Gasteiger partial charge is 0.417 e. The van der Waals surface area contributed by atoms with E-state index in [0.717, 1.165) is 7.11 Å². The van der Waals surface area contributed by atoms with Gasteiger partial charge in [-0.25, -0.2) is 9.59 Å². The van der Waals surface area contributed by atoms with Crippen LogP contribution in [0.1, 0.15) is 6.42 Å². The van der Waals surface area contributed by atoms with Crippen molar-refractivity contribution in [2.24, 2.45) is 0 Å². The van der Waals surface area contributed by atoms with Crippen molar-refractivity contribution >= 4 is 11.9 Å². The van der Waals surface area contributed by atoms with E-state index in [-0.39, 0.29) is 13.0 Å². The van der Waals surface area contributed by atoms with Crippen LogP contribution in [0.3, 0.4) is 0 Å². The maximum absolute atomic E-state index is 10.4. The van der Waals surface area contributed by atoms with E-state index in [1.807, 2.05) is 0 Å². The molecular formula is C6H7NO4. The summed E-state index contributed by atoms with van der Waals surface area (Å²) in [6.45, 7) is -0.0789. The molecular weight excluding hydrogens is 150 g/mol. The molecule has 0 fully saturated rings. The summed E-state index contributed by atoms with van der Waals surface area (Å²) < 4.78 is 8.35. The first-order valence-corrected chi connectivity index (χ1v) is 2.84. The number of carbonyl (C=O) groups excluding carboxylic acids is 2. The highest BCUT2D eigenvalue weighted by molar-refractivity contribution is 6.29. The lowest BCUT2D eigenvalue weighted by Gasteiger charge is -1.98. The number of nitriles is 1. The van der Waals surface area contributed by atoms with Gasteiger partial charge in [-0.3, -0.25) is 0 Å². The van der Waals surface area contributed by atoms with Crippen molar-refractivity contribution in [3.8, 4) is 6.07 Å². The van der Waals surface area contributed by atoms with Crippen LogP contribution in [0.4, 0.5) is 0 Å². The minimum atomic E-state index is -1.07. The van der Waals surface area contributed by atoms with E-state index in [4.69, 9.17) is 5.26 Å². The van der Waals surface area contributed by atoms with Crippen LogP contribution < -0.4 is 0 Å². The van der Waals surface area contributed by atoms with Gasteiger partial charge in [-0.2, -0.15) is 5.26 Å². The summed E-state index contributed by atoms with van der Waals surface area (Å²) in [5.41, 5.74) is 0. The highest BCUT2D eigenvalue weighted by atomic mass is 16.6. The first kappa shape index (κ1) is 9.43. The van der Waals surface area contributed by atoms with Crippen LogP contribution in [0.5, 0.6) is 0 Å². The molecule has 0 aliphatic carbocycles. The second-order valence-corrected chi connectivity index (χ2v) is 1.54. The Hall–Kier alpha value is -1.57. The second-order valence-electron chi connectivity index (χ2n) is 1.54. The van der Waals surface area contributed by atoms with Gasteiger partial charge in [0.2, 0.25) is 0 Å². The molecule has 0 unspecified atom stereocenters. The van der Waals surface area contributed by atoms with E-state index in [1.165, 1.54) is 0 Å². The van der Waals surface area contributed by atoms with Gasteiger partial charge in [-0.1, -0.05) is 0 Å². The minimum Gasteiger partial charge on any atom is -0.461 e. The Morgan fingerprint density at radius 1 is 1.45 bits per heavy atom. The van der Waals surface area contributed by atoms with E-state index in [9.17, 15) is 9.59 Å². The third-order valence-corrected chi connectivity index (χ3v) is 0.799. The zero-order chi connectivity index (χ0) is 8.69. The molecule has 60 valence electrons. The van der Waals surface area contributed by atoms with Gasteiger partial charge in [0, 0.05) is 0 Å². The largest absolute Gasteiger partial charge is 0.461 e. The lowest BCUT2D eigenvalue weighted by molar-refractivity contribution is -0.165. The highest BCUT2D eigenvalue weighted by Crippen LogP contribution is 1.84. The first-order valence-electron chi connectivity index (χ1n) is 2.84. The molecule has 0 aromatic rings. The number of carbonyl (C=O) groups is 2. The van der Waals surface area contributed by atoms with Crippen LogP contribution in [-0.2, 0) is 19.1 Å². The Labute approximate surface area is 63.5 Å². The van der Waals surface area contributed by atoms with Crippen LogP contribution in [-0.4, -0.2) is 25.7 Å². The zero-order valence-electron chi connectivity index (χ0n) is 5.99. The van der Waals surface area contributed by atoms with Crippen molar-refractivity contribution in [3.05, 3.63) is 0 Å². The number of hydrogen-bond donors (Lipinski definition) is 0. The number of methoxy groups -OCH3 is 1. The Morgan fingerprint density at radius 2 is 2.09 bits per heavy atom. The summed E-state index contributed by atoms with van der Waals surface area (Å²) in [4.78, 5) is 20.8. The number of ether oxygens (including phenoxy) is 2. The fraction of sp³-hybridized carbons (Fsp3) is 0.500. The van der Waals surface area contributed by atoms with Crippen LogP contribution in [0.15, 0.2) is 0 Å². The Kier molecular flexibility index (Phi) is 4.49. The maximum atomic E-state index is 10.4. The Bertz CT molecular complexity index is 193. The third kappa shape index (κ3) is 3.92. The Balaban J connectivity index is 3.54. The molecule has 0 amide bonds. The summed E-state index contributed by atoms with van der Waals surface area (Å²) >= 11 is 0. The minimum absolute atomic E-state index is 0.0722. The Morgan fingerprint density at radius 3 is 2.55 bits per heavy atom. The average Bonchev–Trinajstić information content (AvgIpc) is 2.03. The molecule has 0 heterocycles. The zero-order valence-corrected chi connectivity index (χ0v) is 5.99. The van der Waals surface area contributed by atoms with Crippen molar-refractivity contribution in [2.45, 2.75) is 6.42 Å². The lowest BCUT2D eigenvalue weighted by atomic mass is 10.5. The number of nitrogens with zero attached hydrogens (tertiary/aromatic N) is 1. The fourth-order valence-corrected chi connectivity index (χ4v) is 0.332. The molecule has 0 aromatic carbocycles. The second kappa shape index (κ2) is 5.23. The molecule has 11 heavy (non-hydrogen) atoms. The molecule has 0 aliphatic rings. The lowest BCUT2D eigenvalue weighted by Crippen LogP contribution is -2.19. The summed E-state index contributed by atoms with van der Waals surface area (Å²) in [5, 5.41) is 8.02. The van der Waals surface area contributed by atoms with Crippen LogP contribution in [0.2, 0.25) is 0 Å². The molecule has 5 heteroatoms. The van der Waals surface area contributed by atoms with E-state index in [2.05, 4.69) is 9.47 Å².